The summed E-state index contributed by atoms with van der Waals surface area (Å²) >= 11 is 0. The maximum atomic E-state index is 13.9. The van der Waals surface area contributed by atoms with Gasteiger partial charge in [-0.1, -0.05) is 37.3 Å². The van der Waals surface area contributed by atoms with E-state index in [4.69, 9.17) is 0 Å². The normalized spacial score (nSPS) is 27.2. The van der Waals surface area contributed by atoms with Gasteiger partial charge in [0, 0.05) is 17.9 Å². The van der Waals surface area contributed by atoms with E-state index >= 15 is 0 Å². The number of ketones is 6. The molecule has 2 aromatic carbocycles. The third-order valence-electron chi connectivity index (χ3n) is 9.35. The number of benzene rings is 2. The Morgan fingerprint density at radius 3 is 2.24 bits per heavy atom. The maximum absolute atomic E-state index is 13.9. The average Bonchev–Trinajstić information content (AvgIpc) is 2.92. The first-order chi connectivity index (χ1) is 19.4. The van der Waals surface area contributed by atoms with Gasteiger partial charge in [0.2, 0.25) is 0 Å². The summed E-state index contributed by atoms with van der Waals surface area (Å²) < 4.78 is 0. The molecule has 0 aliphatic heterocycles. The fourth-order valence-electron chi connectivity index (χ4n) is 7.19. The van der Waals surface area contributed by atoms with E-state index in [9.17, 15) is 39.0 Å². The largest absolute Gasteiger partial charge is 0.507 e. The number of Topliss-reactive ketones (excluding diaryl/α,β-unsaturated/α-hetero) is 6. The monoisotopic (exact) mass is 558 g/mol. The summed E-state index contributed by atoms with van der Waals surface area (Å²) in [5.74, 6) is -8.76. The van der Waals surface area contributed by atoms with Crippen molar-refractivity contribution in [3.8, 4) is 5.75 Å². The number of hydrogen-bond donors (Lipinski definition) is 2. The molecular formula is C33H34O8. The summed E-state index contributed by atoms with van der Waals surface area (Å²) in [6, 6.07) is 9.27. The van der Waals surface area contributed by atoms with Crippen LogP contribution in [0, 0.1) is 23.7 Å². The van der Waals surface area contributed by atoms with Gasteiger partial charge in [-0.3, -0.25) is 28.8 Å². The van der Waals surface area contributed by atoms with Crippen molar-refractivity contribution in [3.05, 3.63) is 63.7 Å². The second-order valence-electron chi connectivity index (χ2n) is 11.8. The van der Waals surface area contributed by atoms with E-state index in [2.05, 4.69) is 0 Å². The zero-order valence-corrected chi connectivity index (χ0v) is 23.5. The second-order valence-corrected chi connectivity index (χ2v) is 11.8. The molecule has 214 valence electrons. The first-order valence-electron chi connectivity index (χ1n) is 14.2. The summed E-state index contributed by atoms with van der Waals surface area (Å²) in [5, 5.41) is 22.7. The number of carbonyl (C=O) groups excluding carboxylic acids is 6. The number of carbonyl (C=O) groups is 6. The Hall–Kier alpha value is -3.78. The fourth-order valence-corrected chi connectivity index (χ4v) is 7.19. The molecule has 0 aromatic heterocycles. The molecular weight excluding hydrogens is 524 g/mol. The Morgan fingerprint density at radius 1 is 0.951 bits per heavy atom. The minimum Gasteiger partial charge on any atom is -0.507 e. The molecule has 41 heavy (non-hydrogen) atoms. The van der Waals surface area contributed by atoms with Gasteiger partial charge in [0.15, 0.2) is 34.5 Å². The van der Waals surface area contributed by atoms with E-state index in [0.717, 1.165) is 18.1 Å². The number of aromatic hydroxyl groups is 1. The highest BCUT2D eigenvalue weighted by Crippen LogP contribution is 2.50. The van der Waals surface area contributed by atoms with Crippen molar-refractivity contribution in [2.45, 2.75) is 71.3 Å². The number of hydrogen-bond acceptors (Lipinski definition) is 8. The minimum absolute atomic E-state index is 0.00590. The molecule has 0 saturated heterocycles. The highest BCUT2D eigenvalue weighted by molar-refractivity contribution is 6.31. The molecule has 3 aliphatic carbocycles. The molecule has 8 nitrogen and oxygen atoms in total. The molecule has 8 heteroatoms. The molecule has 2 N–H and O–H groups in total. The molecule has 0 heterocycles. The zero-order chi connectivity index (χ0) is 29.8. The predicted molar refractivity (Wildman–Crippen MR) is 148 cm³/mol. The Bertz CT molecular complexity index is 1500. The number of phenols is 1. The van der Waals surface area contributed by atoms with Gasteiger partial charge in [-0.05, 0) is 80.5 Å². The number of aliphatic hydroxyl groups is 1. The van der Waals surface area contributed by atoms with Crippen molar-refractivity contribution in [1.29, 1.82) is 0 Å². The lowest BCUT2D eigenvalue weighted by molar-refractivity contribution is -0.175. The smallest absolute Gasteiger partial charge is 0.190 e. The van der Waals surface area contributed by atoms with Crippen LogP contribution in [-0.4, -0.2) is 50.5 Å². The minimum atomic E-state index is -2.57. The van der Waals surface area contributed by atoms with Gasteiger partial charge >= 0.3 is 0 Å². The van der Waals surface area contributed by atoms with E-state index in [-0.39, 0.29) is 29.9 Å². The molecule has 0 bridgehead atoms. The number of rotatable bonds is 7. The van der Waals surface area contributed by atoms with E-state index in [1.54, 1.807) is 12.1 Å². The summed E-state index contributed by atoms with van der Waals surface area (Å²) in [6.07, 6.45) is 2.60. The van der Waals surface area contributed by atoms with E-state index in [1.807, 2.05) is 25.1 Å². The average molecular weight is 559 g/mol. The van der Waals surface area contributed by atoms with Crippen LogP contribution in [0.15, 0.2) is 30.3 Å². The Morgan fingerprint density at radius 2 is 1.63 bits per heavy atom. The van der Waals surface area contributed by atoms with E-state index < -0.39 is 58.2 Å². The Kier molecular flexibility index (Phi) is 7.40. The number of phenolic OH excluding ortho intramolecular Hbond substituents is 1. The summed E-state index contributed by atoms with van der Waals surface area (Å²) in [5.41, 5.74) is 1.33. The molecule has 0 radical (unpaired) electrons. The van der Waals surface area contributed by atoms with Crippen molar-refractivity contribution >= 4 is 34.7 Å². The van der Waals surface area contributed by atoms with Crippen LogP contribution in [0.1, 0.15) is 83.0 Å². The molecule has 3 aliphatic rings. The van der Waals surface area contributed by atoms with Crippen LogP contribution in [0.25, 0.3) is 0 Å². The number of aryl methyl sites for hydroxylation is 3. The molecule has 4 unspecified atom stereocenters. The lowest BCUT2D eigenvalue weighted by atomic mass is 9.53. The van der Waals surface area contributed by atoms with Crippen molar-refractivity contribution in [2.75, 3.05) is 0 Å². The van der Waals surface area contributed by atoms with Gasteiger partial charge in [0.25, 0.3) is 0 Å². The number of fused-ring (bicyclic) bond motifs is 3. The van der Waals surface area contributed by atoms with Crippen LogP contribution in [0.4, 0.5) is 0 Å². The second kappa shape index (κ2) is 10.6. The standard InChI is InChI=1S/C33H34O8/c1-4-19-12-21(7-5-6-18-8-10-20(11-9-18)16(2)34)29(37)28-24(19)14-22-13-23-15-25(36)26(17(3)35)31(39)33(23,41)32(40)27(22)30(28)38/h8-12,22-23,26-27,37,41H,4-7,13-15H2,1-3H3/t22?,23?,26?,27?,33-/m1/s1. The SMILES string of the molecule is CCc1cc(CCCc2ccc(C(C)=O)cc2)c(O)c2c1CC1CC3CC(=O)C(C(C)=O)C(=O)[C@@]3(O)C(=O)C1C2=O. The molecule has 0 spiro atoms. The van der Waals surface area contributed by atoms with Gasteiger partial charge in [-0.25, -0.2) is 0 Å². The third kappa shape index (κ3) is 4.58. The molecule has 0 amide bonds. The Labute approximate surface area is 238 Å². The molecule has 2 fully saturated rings. The summed E-state index contributed by atoms with van der Waals surface area (Å²) in [6.45, 7) is 4.54. The first kappa shape index (κ1) is 28.7. The van der Waals surface area contributed by atoms with Crippen LogP contribution in [-0.2, 0) is 44.9 Å². The Balaban J connectivity index is 1.44. The van der Waals surface area contributed by atoms with Crippen LogP contribution < -0.4 is 0 Å². The lowest BCUT2D eigenvalue weighted by Crippen LogP contribution is -2.67. The summed E-state index contributed by atoms with van der Waals surface area (Å²) in [7, 11) is 0. The highest BCUT2D eigenvalue weighted by atomic mass is 16.3. The first-order valence-corrected chi connectivity index (χ1v) is 14.2. The third-order valence-corrected chi connectivity index (χ3v) is 9.35. The maximum Gasteiger partial charge on any atom is 0.190 e. The quantitative estimate of drug-likeness (QED) is 0.389. The van der Waals surface area contributed by atoms with Gasteiger partial charge < -0.3 is 10.2 Å². The molecule has 5 atom stereocenters. The predicted octanol–water partition coefficient (Wildman–Crippen LogP) is 3.37. The molecule has 2 saturated carbocycles. The van der Waals surface area contributed by atoms with Crippen LogP contribution >= 0.6 is 0 Å². The van der Waals surface area contributed by atoms with Crippen LogP contribution in [0.5, 0.6) is 5.75 Å². The van der Waals surface area contributed by atoms with Crippen molar-refractivity contribution in [3.63, 3.8) is 0 Å². The van der Waals surface area contributed by atoms with Gasteiger partial charge in [-0.15, -0.1) is 0 Å². The van der Waals surface area contributed by atoms with E-state index in [0.29, 0.717) is 48.8 Å². The van der Waals surface area contributed by atoms with Gasteiger partial charge in [-0.2, -0.15) is 0 Å². The lowest BCUT2D eigenvalue weighted by Gasteiger charge is -2.48. The van der Waals surface area contributed by atoms with Crippen molar-refractivity contribution in [2.24, 2.45) is 23.7 Å². The summed E-state index contributed by atoms with van der Waals surface area (Å²) in [4.78, 5) is 77.0. The van der Waals surface area contributed by atoms with Crippen LogP contribution in [0.3, 0.4) is 0 Å². The zero-order valence-electron chi connectivity index (χ0n) is 23.5. The highest BCUT2D eigenvalue weighted by Gasteiger charge is 2.65. The topological polar surface area (TPSA) is 143 Å². The fraction of sp³-hybridized carbons (Fsp3) is 0.455. The molecule has 2 aromatic rings. The van der Waals surface area contributed by atoms with Crippen molar-refractivity contribution in [1.82, 2.24) is 0 Å². The molecule has 5 rings (SSSR count). The van der Waals surface area contributed by atoms with E-state index in [1.165, 1.54) is 6.92 Å². The van der Waals surface area contributed by atoms with Crippen LogP contribution in [0.2, 0.25) is 0 Å². The van der Waals surface area contributed by atoms with Gasteiger partial charge in [0.05, 0.1) is 11.5 Å². The van der Waals surface area contributed by atoms with Gasteiger partial charge in [0.1, 0.15) is 17.5 Å². The van der Waals surface area contributed by atoms with Crippen molar-refractivity contribution < 1.29 is 39.0 Å².